The zero-order chi connectivity index (χ0) is 21.4. The van der Waals surface area contributed by atoms with Crippen LogP contribution in [0.4, 0.5) is 5.69 Å². The summed E-state index contributed by atoms with van der Waals surface area (Å²) >= 11 is 6.01. The highest BCUT2D eigenvalue weighted by Crippen LogP contribution is 2.65. The standard InChI is InChI=1S/C25H20ClNO4/c1-12-10-15(6-9-20(12)26)31-25(30)13-2-4-14(5-3-13)27-23(28)21-16-7-8-17(19-11-18(16)19)22(21)24(27)29/h2-10,16-19,21-22H,11H2,1H3/t16-,17+,18-,19-,21+,22+/m1/s1. The van der Waals surface area contributed by atoms with Gasteiger partial charge in [0.2, 0.25) is 11.8 Å². The van der Waals surface area contributed by atoms with Crippen LogP contribution in [0.1, 0.15) is 22.3 Å². The van der Waals surface area contributed by atoms with Crippen molar-refractivity contribution in [2.75, 3.05) is 4.90 Å². The molecule has 1 heterocycles. The fourth-order valence-electron chi connectivity index (χ4n) is 5.80. The van der Waals surface area contributed by atoms with E-state index in [-0.39, 0.29) is 35.5 Å². The molecule has 0 aromatic heterocycles. The number of imide groups is 1. The minimum atomic E-state index is -0.511. The number of nitrogens with zero attached hydrogens (tertiary/aromatic N) is 1. The van der Waals surface area contributed by atoms with Crippen molar-refractivity contribution in [1.82, 2.24) is 0 Å². The van der Waals surface area contributed by atoms with Crippen LogP contribution < -0.4 is 9.64 Å². The highest BCUT2D eigenvalue weighted by Gasteiger charge is 2.67. The third kappa shape index (κ3) is 2.72. The Hall–Kier alpha value is -2.92. The minimum absolute atomic E-state index is 0.105. The topological polar surface area (TPSA) is 63.7 Å². The van der Waals surface area contributed by atoms with Crippen molar-refractivity contribution in [3.63, 3.8) is 0 Å². The maximum absolute atomic E-state index is 13.2. The number of anilines is 1. The van der Waals surface area contributed by atoms with E-state index in [2.05, 4.69) is 12.2 Å². The molecule has 2 aromatic carbocycles. The number of hydrogen-bond acceptors (Lipinski definition) is 4. The molecule has 2 bridgehead atoms. The number of carbonyl (C=O) groups excluding carboxylic acids is 3. The summed E-state index contributed by atoms with van der Waals surface area (Å²) in [6, 6.07) is 11.5. The third-order valence-corrected chi connectivity index (χ3v) is 7.79. The van der Waals surface area contributed by atoms with E-state index in [1.807, 2.05) is 6.92 Å². The van der Waals surface area contributed by atoms with Gasteiger partial charge in [0.05, 0.1) is 23.1 Å². The molecule has 0 spiro atoms. The van der Waals surface area contributed by atoms with Crippen molar-refractivity contribution in [3.05, 3.63) is 70.8 Å². The van der Waals surface area contributed by atoms with Crippen molar-refractivity contribution in [2.45, 2.75) is 13.3 Å². The Morgan fingerprint density at radius 3 is 2.16 bits per heavy atom. The number of amides is 2. The van der Waals surface area contributed by atoms with Crippen LogP contribution in [0.3, 0.4) is 0 Å². The summed E-state index contributed by atoms with van der Waals surface area (Å²) in [6.07, 6.45) is 5.46. The Balaban J connectivity index is 1.22. The first kappa shape index (κ1) is 18.8. The number of halogens is 1. The Bertz CT molecular complexity index is 1130. The third-order valence-electron chi connectivity index (χ3n) is 7.36. The molecular weight excluding hydrogens is 414 g/mol. The molecule has 1 saturated heterocycles. The maximum atomic E-state index is 13.2. The van der Waals surface area contributed by atoms with Crippen LogP contribution in [0.5, 0.6) is 5.75 Å². The van der Waals surface area contributed by atoms with Crippen LogP contribution in [0, 0.1) is 42.4 Å². The van der Waals surface area contributed by atoms with Crippen LogP contribution in [0.25, 0.3) is 0 Å². The predicted octanol–water partition coefficient (Wildman–Crippen LogP) is 4.43. The lowest BCUT2D eigenvalue weighted by Gasteiger charge is -2.37. The van der Waals surface area contributed by atoms with E-state index in [4.69, 9.17) is 16.3 Å². The summed E-state index contributed by atoms with van der Waals surface area (Å²) in [5.41, 5.74) is 1.67. The zero-order valence-electron chi connectivity index (χ0n) is 16.8. The molecule has 4 aliphatic carbocycles. The summed E-state index contributed by atoms with van der Waals surface area (Å²) < 4.78 is 5.42. The number of ether oxygens (including phenoxy) is 1. The first-order valence-electron chi connectivity index (χ1n) is 10.6. The number of aryl methyl sites for hydroxylation is 1. The molecule has 1 aliphatic heterocycles. The van der Waals surface area contributed by atoms with Crippen LogP contribution >= 0.6 is 11.6 Å². The van der Waals surface area contributed by atoms with Gasteiger partial charge in [-0.1, -0.05) is 23.8 Å². The Morgan fingerprint density at radius 2 is 1.58 bits per heavy atom. The molecule has 7 rings (SSSR count). The van der Waals surface area contributed by atoms with E-state index >= 15 is 0 Å². The van der Waals surface area contributed by atoms with Crippen LogP contribution in [0.15, 0.2) is 54.6 Å². The summed E-state index contributed by atoms with van der Waals surface area (Å²) in [6.45, 7) is 1.83. The van der Waals surface area contributed by atoms with Crippen LogP contribution in [-0.4, -0.2) is 17.8 Å². The van der Waals surface area contributed by atoms with Crippen molar-refractivity contribution in [3.8, 4) is 5.75 Å². The summed E-state index contributed by atoms with van der Waals surface area (Å²) in [5.74, 6) is 0.751. The highest BCUT2D eigenvalue weighted by molar-refractivity contribution is 6.31. The van der Waals surface area contributed by atoms with E-state index < -0.39 is 5.97 Å². The van der Waals surface area contributed by atoms with Gasteiger partial charge >= 0.3 is 5.97 Å². The van der Waals surface area contributed by atoms with E-state index in [1.54, 1.807) is 42.5 Å². The van der Waals surface area contributed by atoms with E-state index in [9.17, 15) is 14.4 Å². The van der Waals surface area contributed by atoms with Gasteiger partial charge in [-0.15, -0.1) is 0 Å². The number of rotatable bonds is 3. The lowest BCUT2D eigenvalue weighted by Crippen LogP contribution is -2.40. The number of carbonyl (C=O) groups is 3. The second-order valence-electron chi connectivity index (χ2n) is 9.01. The maximum Gasteiger partial charge on any atom is 0.343 e. The van der Waals surface area contributed by atoms with Gasteiger partial charge in [0.1, 0.15) is 5.75 Å². The summed E-state index contributed by atoms with van der Waals surface area (Å²) in [4.78, 5) is 40.2. The first-order valence-corrected chi connectivity index (χ1v) is 11.0. The fourth-order valence-corrected chi connectivity index (χ4v) is 5.92. The van der Waals surface area contributed by atoms with Gasteiger partial charge in [0, 0.05) is 5.02 Å². The van der Waals surface area contributed by atoms with Gasteiger partial charge in [-0.2, -0.15) is 0 Å². The molecule has 0 N–H and O–H groups in total. The molecule has 156 valence electrons. The van der Waals surface area contributed by atoms with Gasteiger partial charge in [0.15, 0.2) is 0 Å². The molecule has 0 unspecified atom stereocenters. The average molecular weight is 434 g/mol. The Kier molecular flexibility index (Phi) is 3.97. The van der Waals surface area contributed by atoms with Crippen LogP contribution in [-0.2, 0) is 9.59 Å². The number of allylic oxidation sites excluding steroid dienone is 2. The van der Waals surface area contributed by atoms with Crippen molar-refractivity contribution in [2.24, 2.45) is 35.5 Å². The first-order chi connectivity index (χ1) is 14.9. The number of benzene rings is 2. The number of hydrogen-bond donors (Lipinski definition) is 0. The largest absolute Gasteiger partial charge is 0.423 e. The van der Waals surface area contributed by atoms with E-state index in [0.29, 0.717) is 33.9 Å². The van der Waals surface area contributed by atoms with Crippen LogP contribution in [0.2, 0.25) is 5.02 Å². The minimum Gasteiger partial charge on any atom is -0.423 e. The number of esters is 1. The molecule has 5 aliphatic rings. The molecular formula is C25H20ClNO4. The molecule has 0 radical (unpaired) electrons. The Labute approximate surface area is 184 Å². The second-order valence-corrected chi connectivity index (χ2v) is 9.42. The smallest absolute Gasteiger partial charge is 0.343 e. The van der Waals surface area contributed by atoms with Gasteiger partial charge in [0.25, 0.3) is 0 Å². The monoisotopic (exact) mass is 433 g/mol. The lowest BCUT2D eigenvalue weighted by molar-refractivity contribution is -0.124. The average Bonchev–Trinajstić information content (AvgIpc) is 3.54. The molecule has 2 saturated carbocycles. The van der Waals surface area contributed by atoms with Crippen molar-refractivity contribution >= 4 is 35.1 Å². The van der Waals surface area contributed by atoms with Gasteiger partial charge in [-0.25, -0.2) is 4.79 Å². The lowest BCUT2D eigenvalue weighted by atomic mass is 9.63. The summed E-state index contributed by atoms with van der Waals surface area (Å²) in [7, 11) is 0. The Morgan fingerprint density at radius 1 is 0.968 bits per heavy atom. The predicted molar refractivity (Wildman–Crippen MR) is 115 cm³/mol. The fraction of sp³-hybridized carbons (Fsp3) is 0.320. The normalized spacial score (nSPS) is 32.1. The van der Waals surface area contributed by atoms with Crippen molar-refractivity contribution in [1.29, 1.82) is 0 Å². The molecule has 6 atom stereocenters. The molecule has 3 fully saturated rings. The van der Waals surface area contributed by atoms with E-state index in [1.165, 1.54) is 4.90 Å². The summed E-state index contributed by atoms with van der Waals surface area (Å²) in [5, 5.41) is 0.602. The molecule has 31 heavy (non-hydrogen) atoms. The SMILES string of the molecule is Cc1cc(OC(=O)c2ccc(N3C(=O)[C@H]4[C@@H]5C=C[C@@H]([C@H]6C[C@H]56)[C@@H]4C3=O)cc2)ccc1Cl. The van der Waals surface area contributed by atoms with Gasteiger partial charge in [-0.3, -0.25) is 14.5 Å². The second kappa shape index (κ2) is 6.54. The van der Waals surface area contributed by atoms with Crippen molar-refractivity contribution < 1.29 is 19.1 Å². The van der Waals surface area contributed by atoms with E-state index in [0.717, 1.165) is 12.0 Å². The quantitative estimate of drug-likeness (QED) is 0.311. The molecule has 6 heteroatoms. The molecule has 2 amide bonds. The molecule has 2 aromatic rings. The van der Waals surface area contributed by atoms with Gasteiger partial charge in [-0.05, 0) is 85.0 Å². The zero-order valence-corrected chi connectivity index (χ0v) is 17.6. The van der Waals surface area contributed by atoms with Gasteiger partial charge < -0.3 is 4.74 Å². The molecule has 5 nitrogen and oxygen atoms in total. The highest BCUT2D eigenvalue weighted by atomic mass is 35.5.